The molecule has 1 unspecified atom stereocenters. The zero-order valence-electron chi connectivity index (χ0n) is 34.8. The number of Topliss-reactive ketones (excluding diaryl/α,β-unsaturated/α-hetero) is 1. The van der Waals surface area contributed by atoms with Gasteiger partial charge in [0.15, 0.2) is 18.7 Å². The van der Waals surface area contributed by atoms with Crippen molar-refractivity contribution < 1.29 is 68.0 Å². The average molecular weight is 776 g/mol. The largest absolute Gasteiger partial charge is 0.459 e. The number of cyclic esters (lactones) is 1. The van der Waals surface area contributed by atoms with Crippen LogP contribution in [-0.2, 0) is 47.5 Å². The van der Waals surface area contributed by atoms with Crippen LogP contribution in [0.15, 0.2) is 0 Å². The summed E-state index contributed by atoms with van der Waals surface area (Å²) in [5.41, 5.74) is -4.92. The number of hydrogen-bond donors (Lipinski definition) is 4. The molecule has 0 aromatic rings. The third-order valence-corrected chi connectivity index (χ3v) is 12.1. The third kappa shape index (κ3) is 10.2. The molecule has 3 rings (SSSR count). The minimum Gasteiger partial charge on any atom is -0.459 e. The summed E-state index contributed by atoms with van der Waals surface area (Å²) >= 11 is 0. The normalized spacial score (nSPS) is 47.5. The predicted molar refractivity (Wildman–Crippen MR) is 196 cm³/mol. The molecule has 0 aliphatic carbocycles. The Hall–Kier alpha value is -1.79. The molecule has 314 valence electrons. The summed E-state index contributed by atoms with van der Waals surface area (Å²) in [7, 11) is 5.19. The standard InChI is InChI=1S/C39H69NO14/c1-15-27-39(11,47)32(43)21(4)29(42)19(2)17-37(9,46)34(54-36-31(51-25(8)41)26(40(12)13)16-20(3)49-36)22(5)30(23(6)35(45)52-27)53-28-18-38(10,48-14)33(44)24(7)50-28/h19-24,26-28,30-34,36,43-44,46-47H,15-18H2,1-14H3/t19-,20-,21+,22+,23-,24+,26+,27-,28+,30+,31-,32-,33+,34-,36+,37?,38-,39-/m1/s1. The number of aliphatic hydroxyl groups is 4. The summed E-state index contributed by atoms with van der Waals surface area (Å²) in [5, 5.41) is 46.5. The second kappa shape index (κ2) is 18.2. The van der Waals surface area contributed by atoms with Crippen LogP contribution in [0.1, 0.15) is 102 Å². The topological polar surface area (TPSA) is 200 Å². The van der Waals surface area contributed by atoms with Gasteiger partial charge in [0.2, 0.25) is 0 Å². The van der Waals surface area contributed by atoms with E-state index in [-0.39, 0.29) is 31.4 Å². The monoisotopic (exact) mass is 775 g/mol. The van der Waals surface area contributed by atoms with Crippen LogP contribution in [0.2, 0.25) is 0 Å². The first-order chi connectivity index (χ1) is 24.8. The van der Waals surface area contributed by atoms with Crippen LogP contribution in [0, 0.1) is 23.7 Å². The van der Waals surface area contributed by atoms with Gasteiger partial charge in [-0.3, -0.25) is 14.4 Å². The van der Waals surface area contributed by atoms with E-state index in [2.05, 4.69) is 0 Å². The minimum atomic E-state index is -2.01. The maximum atomic E-state index is 14.2. The van der Waals surface area contributed by atoms with Crippen molar-refractivity contribution in [3.63, 3.8) is 0 Å². The number of nitrogens with zero attached hydrogens (tertiary/aromatic N) is 1. The summed E-state index contributed by atoms with van der Waals surface area (Å²) in [4.78, 5) is 42.4. The molecule has 0 spiro atoms. The SMILES string of the molecule is CC[C@H]1OC(=O)[C@H](C)[C@@H](O[C@H]2C[C@@](C)(OC)[C@@H](O)[C@H](C)O2)[C@H](C)[C@@H](O[C@@H]2O[C@H](C)C[C@H](N(C)C)[C@H]2OC(C)=O)C(C)(O)C[C@@H](C)C(=O)[C@H](C)[C@@H](O)[C@]1(C)O. The predicted octanol–water partition coefficient (Wildman–Crippen LogP) is 2.36. The van der Waals surface area contributed by atoms with Gasteiger partial charge in [0, 0.05) is 38.2 Å². The molecule has 15 heteroatoms. The van der Waals surface area contributed by atoms with Crippen LogP contribution in [-0.4, -0.2) is 149 Å². The molecule has 3 fully saturated rings. The van der Waals surface area contributed by atoms with Crippen LogP contribution in [0.4, 0.5) is 0 Å². The summed E-state index contributed by atoms with van der Waals surface area (Å²) < 4.78 is 43.3. The number of carbonyl (C=O) groups excluding carboxylic acids is 3. The summed E-state index contributed by atoms with van der Waals surface area (Å²) in [6.07, 6.45) is -9.80. The molecule has 18 atom stereocenters. The number of hydrogen-bond acceptors (Lipinski definition) is 15. The minimum absolute atomic E-state index is 0.0755. The Morgan fingerprint density at radius 1 is 0.907 bits per heavy atom. The summed E-state index contributed by atoms with van der Waals surface area (Å²) in [5.74, 6) is -5.68. The fourth-order valence-electron chi connectivity index (χ4n) is 8.71. The number of methoxy groups -OCH3 is 1. The van der Waals surface area contributed by atoms with E-state index in [9.17, 15) is 34.8 Å². The highest BCUT2D eigenvalue weighted by molar-refractivity contribution is 5.83. The number of carbonyl (C=O) groups is 3. The van der Waals surface area contributed by atoms with E-state index in [1.807, 2.05) is 25.9 Å². The van der Waals surface area contributed by atoms with Crippen LogP contribution < -0.4 is 0 Å². The highest BCUT2D eigenvalue weighted by Gasteiger charge is 2.54. The Kier molecular flexibility index (Phi) is 15.7. The third-order valence-electron chi connectivity index (χ3n) is 12.1. The summed E-state index contributed by atoms with van der Waals surface area (Å²) in [6.45, 7) is 17.6. The van der Waals surface area contributed by atoms with Crippen LogP contribution >= 0.6 is 0 Å². The van der Waals surface area contributed by atoms with E-state index in [1.165, 1.54) is 34.8 Å². The highest BCUT2D eigenvalue weighted by atomic mass is 16.7. The molecule has 15 nitrogen and oxygen atoms in total. The molecule has 54 heavy (non-hydrogen) atoms. The molecule has 0 radical (unpaired) electrons. The van der Waals surface area contributed by atoms with Crippen LogP contribution in [0.25, 0.3) is 0 Å². The van der Waals surface area contributed by atoms with Crippen molar-refractivity contribution in [2.75, 3.05) is 21.2 Å². The molecule has 3 aliphatic rings. The first kappa shape index (κ1) is 46.6. The lowest BCUT2D eigenvalue weighted by atomic mass is 9.74. The van der Waals surface area contributed by atoms with E-state index in [0.29, 0.717) is 6.42 Å². The van der Waals surface area contributed by atoms with Gasteiger partial charge in [0.25, 0.3) is 0 Å². The highest BCUT2D eigenvalue weighted by Crippen LogP contribution is 2.41. The lowest BCUT2D eigenvalue weighted by Gasteiger charge is -2.49. The molecule has 0 amide bonds. The number of aliphatic hydroxyl groups excluding tert-OH is 2. The molecule has 0 aromatic heterocycles. The van der Waals surface area contributed by atoms with E-state index >= 15 is 0 Å². The van der Waals surface area contributed by atoms with Gasteiger partial charge in [-0.2, -0.15) is 0 Å². The van der Waals surface area contributed by atoms with Crippen molar-refractivity contribution in [2.45, 2.75) is 186 Å². The maximum absolute atomic E-state index is 14.2. The molecule has 0 saturated carbocycles. The number of likely N-dealkylation sites (N-methyl/N-ethyl adjacent to an activating group) is 1. The lowest BCUT2D eigenvalue weighted by Crippen LogP contribution is -2.61. The van der Waals surface area contributed by atoms with Gasteiger partial charge >= 0.3 is 11.9 Å². The molecular weight excluding hydrogens is 706 g/mol. The van der Waals surface area contributed by atoms with E-state index in [0.717, 1.165) is 0 Å². The van der Waals surface area contributed by atoms with Gasteiger partial charge in [-0.05, 0) is 74.9 Å². The van der Waals surface area contributed by atoms with Crippen molar-refractivity contribution in [1.29, 1.82) is 0 Å². The van der Waals surface area contributed by atoms with Crippen LogP contribution in [0.5, 0.6) is 0 Å². The smallest absolute Gasteiger partial charge is 0.311 e. The Morgan fingerprint density at radius 3 is 2.06 bits per heavy atom. The number of rotatable bonds is 8. The Bertz CT molecular complexity index is 1280. The van der Waals surface area contributed by atoms with Crippen LogP contribution in [0.3, 0.4) is 0 Å². The van der Waals surface area contributed by atoms with Crippen molar-refractivity contribution in [1.82, 2.24) is 4.90 Å². The zero-order valence-corrected chi connectivity index (χ0v) is 34.8. The molecule has 0 aromatic carbocycles. The van der Waals surface area contributed by atoms with Gasteiger partial charge in [-0.1, -0.05) is 27.7 Å². The Morgan fingerprint density at radius 2 is 1.52 bits per heavy atom. The molecule has 4 N–H and O–H groups in total. The zero-order chi connectivity index (χ0) is 41.2. The molecular formula is C39H69NO14. The van der Waals surface area contributed by atoms with Gasteiger partial charge in [0.05, 0.1) is 53.7 Å². The Labute approximate surface area is 321 Å². The van der Waals surface area contributed by atoms with Crippen molar-refractivity contribution in [3.8, 4) is 0 Å². The molecule has 3 aliphatic heterocycles. The quantitative estimate of drug-likeness (QED) is 0.262. The number of ketones is 1. The Balaban J connectivity index is 2.23. The fraction of sp³-hybridized carbons (Fsp3) is 0.923. The molecule has 3 saturated heterocycles. The van der Waals surface area contributed by atoms with Crippen molar-refractivity contribution >= 4 is 17.7 Å². The molecule has 0 bridgehead atoms. The second-order valence-electron chi connectivity index (χ2n) is 17.1. The lowest BCUT2D eigenvalue weighted by molar-refractivity contribution is -0.318. The van der Waals surface area contributed by atoms with Gasteiger partial charge in [0.1, 0.15) is 23.6 Å². The van der Waals surface area contributed by atoms with Gasteiger partial charge in [-0.15, -0.1) is 0 Å². The average Bonchev–Trinajstić information content (AvgIpc) is 3.08. The van der Waals surface area contributed by atoms with E-state index < -0.39 is 114 Å². The fourth-order valence-corrected chi connectivity index (χ4v) is 8.71. The first-order valence-electron chi connectivity index (χ1n) is 19.4. The van der Waals surface area contributed by atoms with Gasteiger partial charge < -0.3 is 58.5 Å². The van der Waals surface area contributed by atoms with Crippen molar-refractivity contribution in [2.24, 2.45) is 23.7 Å². The van der Waals surface area contributed by atoms with Gasteiger partial charge in [-0.25, -0.2) is 0 Å². The van der Waals surface area contributed by atoms with E-state index in [4.69, 9.17) is 33.2 Å². The van der Waals surface area contributed by atoms with E-state index in [1.54, 1.807) is 41.5 Å². The maximum Gasteiger partial charge on any atom is 0.311 e. The van der Waals surface area contributed by atoms with Crippen molar-refractivity contribution in [3.05, 3.63) is 0 Å². The first-order valence-corrected chi connectivity index (χ1v) is 19.4. The molecule has 3 heterocycles. The second-order valence-corrected chi connectivity index (χ2v) is 17.1. The summed E-state index contributed by atoms with van der Waals surface area (Å²) in [6, 6.07) is -0.320. The number of esters is 2. The number of ether oxygens (including phenoxy) is 7.